The van der Waals surface area contributed by atoms with E-state index in [4.69, 9.17) is 9.57 Å². The van der Waals surface area contributed by atoms with Crippen molar-refractivity contribution in [3.05, 3.63) is 58.6 Å². The van der Waals surface area contributed by atoms with Gasteiger partial charge in [0.15, 0.2) is 0 Å². The number of nitrogens with zero attached hydrogens (tertiary/aromatic N) is 2. The van der Waals surface area contributed by atoms with Gasteiger partial charge in [0.25, 0.3) is 5.91 Å². The average Bonchev–Trinajstić information content (AvgIpc) is 3.24. The number of imide groups is 1. The molecule has 144 valence electrons. The third-order valence-electron chi connectivity index (χ3n) is 4.81. The quantitative estimate of drug-likeness (QED) is 0.502. The summed E-state index contributed by atoms with van der Waals surface area (Å²) in [7, 11) is 0. The summed E-state index contributed by atoms with van der Waals surface area (Å²) < 4.78 is 6.56. The number of amides is 2. The van der Waals surface area contributed by atoms with Crippen LogP contribution in [0.2, 0.25) is 0 Å². The molecule has 2 atom stereocenters. The maximum atomic E-state index is 13.0. The van der Waals surface area contributed by atoms with E-state index in [1.807, 2.05) is 24.3 Å². The molecule has 0 radical (unpaired) electrons. The fraction of sp³-hybridized carbons (Fsp3) is 0.286. The Labute approximate surface area is 171 Å². The largest absolute Gasteiger partial charge is 0.494 e. The van der Waals surface area contributed by atoms with Crippen molar-refractivity contribution in [3.8, 4) is 5.75 Å². The molecule has 0 spiro atoms. The topological polar surface area (TPSA) is 68.2 Å². The van der Waals surface area contributed by atoms with Gasteiger partial charge < -0.3 is 9.57 Å². The van der Waals surface area contributed by atoms with E-state index in [0.717, 1.165) is 22.9 Å². The molecule has 7 heteroatoms. The van der Waals surface area contributed by atoms with Gasteiger partial charge in [-0.2, -0.15) is 0 Å². The van der Waals surface area contributed by atoms with E-state index in [2.05, 4.69) is 28.0 Å². The SMILES string of the molecule is CCCCOc1ccc(N2C(=O)[C@H]3C(c4ccc(Br)cc4)=NO[C@@H]3C2=O)cc1. The van der Waals surface area contributed by atoms with E-state index >= 15 is 0 Å². The zero-order valence-electron chi connectivity index (χ0n) is 15.3. The van der Waals surface area contributed by atoms with E-state index < -0.39 is 17.9 Å². The third-order valence-corrected chi connectivity index (χ3v) is 5.34. The van der Waals surface area contributed by atoms with E-state index in [-0.39, 0.29) is 5.91 Å². The lowest BCUT2D eigenvalue weighted by Gasteiger charge is -2.16. The molecular formula is C21H19BrN2O4. The molecule has 2 aliphatic heterocycles. The van der Waals surface area contributed by atoms with Crippen LogP contribution in [-0.2, 0) is 14.4 Å². The summed E-state index contributed by atoms with van der Waals surface area (Å²) in [6.45, 7) is 2.74. The summed E-state index contributed by atoms with van der Waals surface area (Å²) in [5.41, 5.74) is 1.75. The molecule has 2 aromatic carbocycles. The first-order valence-corrected chi connectivity index (χ1v) is 9.99. The van der Waals surface area contributed by atoms with Gasteiger partial charge in [-0.15, -0.1) is 0 Å². The molecule has 28 heavy (non-hydrogen) atoms. The summed E-state index contributed by atoms with van der Waals surface area (Å²) in [4.78, 5) is 32.4. The zero-order valence-corrected chi connectivity index (χ0v) is 16.9. The van der Waals surface area contributed by atoms with Crippen LogP contribution in [-0.4, -0.2) is 30.2 Å². The molecule has 2 amide bonds. The maximum Gasteiger partial charge on any atom is 0.278 e. The van der Waals surface area contributed by atoms with Crippen LogP contribution in [0, 0.1) is 5.92 Å². The molecule has 2 aliphatic rings. The number of rotatable bonds is 6. The molecule has 0 N–H and O–H groups in total. The molecule has 0 saturated carbocycles. The van der Waals surface area contributed by atoms with Gasteiger partial charge in [-0.25, -0.2) is 4.90 Å². The second-order valence-electron chi connectivity index (χ2n) is 6.69. The van der Waals surface area contributed by atoms with E-state index in [1.165, 1.54) is 4.90 Å². The van der Waals surface area contributed by atoms with Gasteiger partial charge in [0.2, 0.25) is 12.0 Å². The molecule has 2 heterocycles. The van der Waals surface area contributed by atoms with Gasteiger partial charge in [-0.05, 0) is 42.8 Å². The van der Waals surface area contributed by atoms with E-state index in [1.54, 1.807) is 24.3 Å². The molecule has 4 rings (SSSR count). The first-order chi connectivity index (χ1) is 13.6. The van der Waals surface area contributed by atoms with E-state index in [0.29, 0.717) is 23.8 Å². The Kier molecular flexibility index (Phi) is 5.17. The second kappa shape index (κ2) is 7.75. The van der Waals surface area contributed by atoms with Gasteiger partial charge in [0.1, 0.15) is 17.4 Å². The number of carbonyl (C=O) groups is 2. The normalized spacial score (nSPS) is 20.8. The fourth-order valence-corrected chi connectivity index (χ4v) is 3.58. The summed E-state index contributed by atoms with van der Waals surface area (Å²) in [5.74, 6) is -0.738. The number of anilines is 1. The van der Waals surface area contributed by atoms with Crippen LogP contribution in [0.5, 0.6) is 5.75 Å². The van der Waals surface area contributed by atoms with Crippen molar-refractivity contribution in [1.82, 2.24) is 0 Å². The fourth-order valence-electron chi connectivity index (χ4n) is 3.32. The van der Waals surface area contributed by atoms with Crippen molar-refractivity contribution >= 4 is 39.1 Å². The van der Waals surface area contributed by atoms with Gasteiger partial charge >= 0.3 is 0 Å². The van der Waals surface area contributed by atoms with Crippen LogP contribution >= 0.6 is 15.9 Å². The Balaban J connectivity index is 1.55. The Morgan fingerprint density at radius 1 is 1.07 bits per heavy atom. The number of carbonyl (C=O) groups excluding carboxylic acids is 2. The monoisotopic (exact) mass is 442 g/mol. The summed E-state index contributed by atoms with van der Waals surface area (Å²) in [6, 6.07) is 14.4. The minimum atomic E-state index is -0.911. The highest BCUT2D eigenvalue weighted by atomic mass is 79.9. The second-order valence-corrected chi connectivity index (χ2v) is 7.61. The number of unbranched alkanes of at least 4 members (excludes halogenated alkanes) is 1. The molecule has 2 aromatic rings. The molecule has 0 aliphatic carbocycles. The van der Waals surface area contributed by atoms with Gasteiger partial charge in [-0.3, -0.25) is 9.59 Å². The van der Waals surface area contributed by atoms with E-state index in [9.17, 15) is 9.59 Å². The van der Waals surface area contributed by atoms with Gasteiger partial charge in [0, 0.05) is 10.0 Å². The maximum absolute atomic E-state index is 13.0. The lowest BCUT2D eigenvalue weighted by molar-refractivity contribution is -0.126. The van der Waals surface area contributed by atoms with Gasteiger partial charge in [-0.1, -0.05) is 46.6 Å². The molecule has 0 aromatic heterocycles. The summed E-state index contributed by atoms with van der Waals surface area (Å²) in [6.07, 6.45) is 1.12. The van der Waals surface area contributed by atoms with Crippen molar-refractivity contribution in [2.45, 2.75) is 25.9 Å². The Morgan fingerprint density at radius 3 is 2.46 bits per heavy atom. The highest BCUT2D eigenvalue weighted by molar-refractivity contribution is 9.10. The van der Waals surface area contributed by atoms with Crippen molar-refractivity contribution in [2.75, 3.05) is 11.5 Å². The third kappa shape index (κ3) is 3.30. The number of oxime groups is 1. The van der Waals surface area contributed by atoms with Crippen LogP contribution in [0.25, 0.3) is 0 Å². The Bertz CT molecular complexity index is 924. The predicted molar refractivity (Wildman–Crippen MR) is 108 cm³/mol. The minimum Gasteiger partial charge on any atom is -0.494 e. The lowest BCUT2D eigenvalue weighted by Crippen LogP contribution is -2.33. The summed E-state index contributed by atoms with van der Waals surface area (Å²) in [5, 5.41) is 4.02. The molecule has 1 fully saturated rings. The first-order valence-electron chi connectivity index (χ1n) is 9.20. The van der Waals surface area contributed by atoms with Crippen LogP contribution in [0.15, 0.2) is 58.2 Å². The number of ether oxygens (including phenoxy) is 1. The number of hydrogen-bond acceptors (Lipinski definition) is 5. The lowest BCUT2D eigenvalue weighted by atomic mass is 9.94. The average molecular weight is 443 g/mol. The summed E-state index contributed by atoms with van der Waals surface area (Å²) >= 11 is 3.39. The Hall–Kier alpha value is -2.67. The van der Waals surface area contributed by atoms with Crippen LogP contribution in [0.1, 0.15) is 25.3 Å². The minimum absolute atomic E-state index is 0.325. The zero-order chi connectivity index (χ0) is 19.7. The standard InChI is InChI=1S/C21H19BrN2O4/c1-2-3-12-27-16-10-8-15(9-11-16)24-20(25)17-18(23-28-19(17)21(24)26)13-4-6-14(22)7-5-13/h4-11,17,19H,2-3,12H2,1H3/t17-,19-/m0/s1. The van der Waals surface area contributed by atoms with Crippen LogP contribution in [0.4, 0.5) is 5.69 Å². The van der Waals surface area contributed by atoms with Crippen molar-refractivity contribution in [2.24, 2.45) is 11.1 Å². The number of fused-ring (bicyclic) bond motifs is 1. The van der Waals surface area contributed by atoms with Crippen LogP contribution < -0.4 is 9.64 Å². The smallest absolute Gasteiger partial charge is 0.278 e. The van der Waals surface area contributed by atoms with Gasteiger partial charge in [0.05, 0.1) is 12.3 Å². The number of benzene rings is 2. The van der Waals surface area contributed by atoms with Crippen LogP contribution in [0.3, 0.4) is 0 Å². The molecule has 0 unspecified atom stereocenters. The molecule has 6 nitrogen and oxygen atoms in total. The number of hydrogen-bond donors (Lipinski definition) is 0. The van der Waals surface area contributed by atoms with Crippen molar-refractivity contribution in [1.29, 1.82) is 0 Å². The molecule has 1 saturated heterocycles. The highest BCUT2D eigenvalue weighted by Gasteiger charge is 2.56. The highest BCUT2D eigenvalue weighted by Crippen LogP contribution is 2.35. The predicted octanol–water partition coefficient (Wildman–Crippen LogP) is 3.92. The molecule has 0 bridgehead atoms. The Morgan fingerprint density at radius 2 is 1.79 bits per heavy atom. The first kappa shape index (κ1) is 18.7. The molecular weight excluding hydrogens is 424 g/mol. The van der Waals surface area contributed by atoms with Crippen molar-refractivity contribution < 1.29 is 19.2 Å². The van der Waals surface area contributed by atoms with Crippen molar-refractivity contribution in [3.63, 3.8) is 0 Å². The number of halogens is 1.